The number of aliphatic hydroxyl groups excluding tert-OH is 1. The maximum atomic E-state index is 13.1. The molecule has 0 saturated carbocycles. The highest BCUT2D eigenvalue weighted by atomic mass is 16.3. The number of carbonyl (C=O) groups is 2. The summed E-state index contributed by atoms with van der Waals surface area (Å²) < 4.78 is 0. The molecule has 1 aromatic carbocycles. The maximum absolute atomic E-state index is 13.1. The van der Waals surface area contributed by atoms with Crippen LogP contribution in [0.4, 0.5) is 10.5 Å². The van der Waals surface area contributed by atoms with Gasteiger partial charge in [-0.05, 0) is 55.4 Å². The molecular weight excluding hydrogens is 504 g/mol. The molecule has 3 saturated heterocycles. The molecule has 2 aromatic rings. The first-order valence-electron chi connectivity index (χ1n) is 15.0. The topological polar surface area (TPSA) is 83.5 Å². The van der Waals surface area contributed by atoms with Crippen LogP contribution in [0.5, 0.6) is 0 Å². The Morgan fingerprint density at radius 2 is 1.65 bits per heavy atom. The Labute approximate surface area is 237 Å². The molecule has 9 nitrogen and oxygen atoms in total. The Bertz CT molecular complexity index is 1180. The van der Waals surface area contributed by atoms with Crippen molar-refractivity contribution in [3.05, 3.63) is 59.4 Å². The first-order chi connectivity index (χ1) is 19.5. The van der Waals surface area contributed by atoms with Gasteiger partial charge in [0.1, 0.15) is 0 Å². The summed E-state index contributed by atoms with van der Waals surface area (Å²) >= 11 is 0. The second-order valence-corrected chi connectivity index (χ2v) is 11.9. The molecule has 1 N–H and O–H groups in total. The fourth-order valence-corrected chi connectivity index (χ4v) is 6.74. The minimum absolute atomic E-state index is 0.0290. The highest BCUT2D eigenvalue weighted by Gasteiger charge is 2.32. The number of β-amino-alcohol motifs (C(OH)–C–C–N with tert-alkyl or cyclic N) is 1. The van der Waals surface area contributed by atoms with E-state index in [-0.39, 0.29) is 11.9 Å². The van der Waals surface area contributed by atoms with Crippen LogP contribution in [0.2, 0.25) is 0 Å². The molecule has 9 heteroatoms. The third-order valence-corrected chi connectivity index (χ3v) is 9.08. The number of hydrogen-bond acceptors (Lipinski definition) is 6. The molecule has 0 unspecified atom stereocenters. The van der Waals surface area contributed by atoms with E-state index >= 15 is 0 Å². The van der Waals surface area contributed by atoms with E-state index in [1.807, 2.05) is 22.1 Å². The van der Waals surface area contributed by atoms with Crippen LogP contribution in [0, 0.1) is 5.92 Å². The van der Waals surface area contributed by atoms with Gasteiger partial charge in [-0.25, -0.2) is 4.79 Å². The Balaban J connectivity index is 0.947. The fraction of sp³-hybridized carbons (Fsp3) is 0.581. The smallest absolute Gasteiger partial charge is 0.320 e. The SMILES string of the molecule is O=C(C1CCN(c2ccc(CN3CCN(C[C@H](O)CN4CCc5ccccc5C4)C3=O)nc2)CC1)N1CCCC1. The summed E-state index contributed by atoms with van der Waals surface area (Å²) in [6, 6.07) is 12.6. The minimum Gasteiger partial charge on any atom is -0.390 e. The highest BCUT2D eigenvalue weighted by Crippen LogP contribution is 2.26. The summed E-state index contributed by atoms with van der Waals surface area (Å²) in [4.78, 5) is 40.7. The number of piperidine rings is 1. The number of benzene rings is 1. The number of aromatic nitrogens is 1. The number of rotatable bonds is 8. The van der Waals surface area contributed by atoms with Crippen LogP contribution in [-0.2, 0) is 24.3 Å². The summed E-state index contributed by atoms with van der Waals surface area (Å²) in [7, 11) is 0. The molecule has 0 spiro atoms. The van der Waals surface area contributed by atoms with Crippen molar-refractivity contribution in [3.8, 4) is 0 Å². The van der Waals surface area contributed by atoms with E-state index in [0.29, 0.717) is 38.6 Å². The quantitative estimate of drug-likeness (QED) is 0.548. The van der Waals surface area contributed by atoms with Crippen molar-refractivity contribution >= 4 is 17.6 Å². The summed E-state index contributed by atoms with van der Waals surface area (Å²) in [6.07, 6.45) is 6.40. The number of amides is 3. The maximum Gasteiger partial charge on any atom is 0.320 e. The molecule has 4 aliphatic heterocycles. The van der Waals surface area contributed by atoms with E-state index in [2.05, 4.69) is 45.1 Å². The summed E-state index contributed by atoms with van der Waals surface area (Å²) in [5, 5.41) is 10.8. The molecule has 40 heavy (non-hydrogen) atoms. The van der Waals surface area contributed by atoms with E-state index < -0.39 is 6.10 Å². The average molecular weight is 547 g/mol. The number of urea groups is 1. The fourth-order valence-electron chi connectivity index (χ4n) is 6.74. The lowest BCUT2D eigenvalue weighted by Gasteiger charge is -2.34. The van der Waals surface area contributed by atoms with Gasteiger partial charge in [-0.15, -0.1) is 0 Å². The van der Waals surface area contributed by atoms with Crippen molar-refractivity contribution in [2.45, 2.75) is 51.3 Å². The Kier molecular flexibility index (Phi) is 8.20. The van der Waals surface area contributed by atoms with Crippen molar-refractivity contribution in [1.82, 2.24) is 24.6 Å². The summed E-state index contributed by atoms with van der Waals surface area (Å²) in [5.41, 5.74) is 4.67. The van der Waals surface area contributed by atoms with Gasteiger partial charge in [0.05, 0.1) is 30.2 Å². The summed E-state index contributed by atoms with van der Waals surface area (Å²) in [5.74, 6) is 0.500. The van der Waals surface area contributed by atoms with Gasteiger partial charge in [0.2, 0.25) is 5.91 Å². The largest absolute Gasteiger partial charge is 0.390 e. The van der Waals surface area contributed by atoms with Gasteiger partial charge in [-0.3, -0.25) is 14.7 Å². The lowest BCUT2D eigenvalue weighted by Crippen LogP contribution is -2.43. The standard InChI is InChI=1S/C31H42N6O3/c38-29(22-33-14-9-24-5-1-2-6-26(24)20-33)23-37-18-17-36(31(37)40)21-27-7-8-28(19-32-27)34-15-10-25(11-16-34)30(39)35-12-3-4-13-35/h1-2,5-8,19,25,29,38H,3-4,9-18,20-23H2/t29-/m1/s1. The van der Waals surface area contributed by atoms with Crippen molar-refractivity contribution in [1.29, 1.82) is 0 Å². The predicted octanol–water partition coefficient (Wildman–Crippen LogP) is 2.58. The number of likely N-dealkylation sites (tertiary alicyclic amines) is 1. The molecule has 214 valence electrons. The number of aliphatic hydroxyl groups is 1. The zero-order valence-electron chi connectivity index (χ0n) is 23.5. The van der Waals surface area contributed by atoms with Crippen molar-refractivity contribution < 1.29 is 14.7 Å². The lowest BCUT2D eigenvalue weighted by atomic mass is 9.95. The molecule has 3 amide bonds. The van der Waals surface area contributed by atoms with Gasteiger partial charge >= 0.3 is 6.03 Å². The van der Waals surface area contributed by atoms with E-state index in [4.69, 9.17) is 0 Å². The van der Waals surface area contributed by atoms with Crippen LogP contribution < -0.4 is 4.90 Å². The first kappa shape index (κ1) is 27.0. The van der Waals surface area contributed by atoms with Crippen LogP contribution in [0.25, 0.3) is 0 Å². The zero-order chi connectivity index (χ0) is 27.5. The van der Waals surface area contributed by atoms with Crippen molar-refractivity contribution in [2.24, 2.45) is 5.92 Å². The van der Waals surface area contributed by atoms with E-state index in [1.54, 1.807) is 4.90 Å². The third-order valence-electron chi connectivity index (χ3n) is 9.08. The molecule has 3 fully saturated rings. The number of anilines is 1. The Hall–Kier alpha value is -3.17. The van der Waals surface area contributed by atoms with Crippen LogP contribution in [0.15, 0.2) is 42.6 Å². The number of fused-ring (bicyclic) bond motifs is 1. The van der Waals surface area contributed by atoms with Gasteiger partial charge in [-0.2, -0.15) is 0 Å². The molecule has 1 atom stereocenters. The van der Waals surface area contributed by atoms with Gasteiger partial charge in [0.25, 0.3) is 0 Å². The van der Waals surface area contributed by atoms with Gasteiger partial charge in [-0.1, -0.05) is 24.3 Å². The molecular formula is C31H42N6O3. The van der Waals surface area contributed by atoms with Crippen LogP contribution in [-0.4, -0.2) is 107 Å². The molecule has 4 aliphatic rings. The second kappa shape index (κ2) is 12.1. The second-order valence-electron chi connectivity index (χ2n) is 11.9. The lowest BCUT2D eigenvalue weighted by molar-refractivity contribution is -0.135. The molecule has 0 bridgehead atoms. The van der Waals surface area contributed by atoms with Crippen LogP contribution in [0.3, 0.4) is 0 Å². The molecule has 6 rings (SSSR count). The van der Waals surface area contributed by atoms with Crippen molar-refractivity contribution in [2.75, 3.05) is 63.8 Å². The van der Waals surface area contributed by atoms with E-state index in [9.17, 15) is 14.7 Å². The minimum atomic E-state index is -0.568. The predicted molar refractivity (Wildman–Crippen MR) is 154 cm³/mol. The molecule has 0 aliphatic carbocycles. The average Bonchev–Trinajstić information content (AvgIpc) is 3.64. The van der Waals surface area contributed by atoms with Crippen LogP contribution in [0.1, 0.15) is 42.5 Å². The highest BCUT2D eigenvalue weighted by molar-refractivity contribution is 5.79. The summed E-state index contributed by atoms with van der Waals surface area (Å²) in [6.45, 7) is 8.06. The molecule has 1 aromatic heterocycles. The van der Waals surface area contributed by atoms with Gasteiger partial charge in [0.15, 0.2) is 0 Å². The van der Waals surface area contributed by atoms with Gasteiger partial charge in [0, 0.05) is 71.4 Å². The number of carbonyl (C=O) groups excluding carboxylic acids is 2. The van der Waals surface area contributed by atoms with E-state index in [1.165, 1.54) is 11.1 Å². The normalized spacial score (nSPS) is 21.3. The number of nitrogens with zero attached hydrogens (tertiary/aromatic N) is 6. The van der Waals surface area contributed by atoms with E-state index in [0.717, 1.165) is 82.8 Å². The Morgan fingerprint density at radius 3 is 2.40 bits per heavy atom. The number of pyridine rings is 1. The van der Waals surface area contributed by atoms with Crippen molar-refractivity contribution in [3.63, 3.8) is 0 Å². The third kappa shape index (κ3) is 6.10. The van der Waals surface area contributed by atoms with Gasteiger partial charge < -0.3 is 24.7 Å². The first-order valence-corrected chi connectivity index (χ1v) is 15.0. The number of hydrogen-bond donors (Lipinski definition) is 1. The Morgan fingerprint density at radius 1 is 0.900 bits per heavy atom. The van der Waals surface area contributed by atoms with Crippen LogP contribution >= 0.6 is 0 Å². The monoisotopic (exact) mass is 546 g/mol. The zero-order valence-corrected chi connectivity index (χ0v) is 23.5. The molecule has 0 radical (unpaired) electrons. The molecule has 5 heterocycles.